The van der Waals surface area contributed by atoms with E-state index in [4.69, 9.17) is 4.74 Å². The molecule has 0 aliphatic carbocycles. The summed E-state index contributed by atoms with van der Waals surface area (Å²) in [5, 5.41) is 7.86. The molecule has 20 heavy (non-hydrogen) atoms. The van der Waals surface area contributed by atoms with Gasteiger partial charge in [-0.2, -0.15) is 5.10 Å². The summed E-state index contributed by atoms with van der Waals surface area (Å²) in [5.74, 6) is 0.888. The molecule has 6 heteroatoms. The zero-order valence-corrected chi connectivity index (χ0v) is 11.9. The summed E-state index contributed by atoms with van der Waals surface area (Å²) < 4.78 is 6.92. The third kappa shape index (κ3) is 2.91. The Hall–Kier alpha value is -1.66. The predicted molar refractivity (Wildman–Crippen MR) is 78.3 cm³/mol. The van der Waals surface area contributed by atoms with Crippen LogP contribution in [-0.4, -0.2) is 54.5 Å². The quantitative estimate of drug-likeness (QED) is 0.815. The fourth-order valence-corrected chi connectivity index (χ4v) is 2.52. The Kier molecular flexibility index (Phi) is 4.13. The first-order chi connectivity index (χ1) is 9.86. The standard InChI is InChI=1S/C14H21N5O/c1-20-10-2-3-13-16-14-11-12(4-7-19(14)17-13)18-8-5-15-6-9-18/h4,7,11,15H,2-3,5-6,8-10H2,1H3. The average Bonchev–Trinajstić information content (AvgIpc) is 2.90. The third-order valence-corrected chi connectivity index (χ3v) is 3.60. The molecule has 1 aliphatic rings. The van der Waals surface area contributed by atoms with Gasteiger partial charge in [0.1, 0.15) is 0 Å². The van der Waals surface area contributed by atoms with Crippen LogP contribution in [-0.2, 0) is 11.2 Å². The van der Waals surface area contributed by atoms with Gasteiger partial charge in [-0.15, -0.1) is 0 Å². The van der Waals surface area contributed by atoms with E-state index in [1.54, 1.807) is 7.11 Å². The van der Waals surface area contributed by atoms with Gasteiger partial charge in [0, 0.05) is 64.3 Å². The Labute approximate surface area is 118 Å². The van der Waals surface area contributed by atoms with E-state index in [0.717, 1.165) is 57.1 Å². The highest BCUT2D eigenvalue weighted by atomic mass is 16.5. The number of anilines is 1. The van der Waals surface area contributed by atoms with Crippen molar-refractivity contribution in [1.29, 1.82) is 0 Å². The lowest BCUT2D eigenvalue weighted by Gasteiger charge is -2.29. The molecular formula is C14H21N5O. The van der Waals surface area contributed by atoms with Gasteiger partial charge in [-0.3, -0.25) is 0 Å². The van der Waals surface area contributed by atoms with Gasteiger partial charge in [-0.25, -0.2) is 9.50 Å². The van der Waals surface area contributed by atoms with E-state index in [1.807, 2.05) is 10.7 Å². The molecule has 0 radical (unpaired) electrons. The lowest BCUT2D eigenvalue weighted by molar-refractivity contribution is 0.194. The van der Waals surface area contributed by atoms with Gasteiger partial charge in [-0.1, -0.05) is 0 Å². The lowest BCUT2D eigenvalue weighted by atomic mass is 10.3. The summed E-state index contributed by atoms with van der Waals surface area (Å²) in [5.41, 5.74) is 2.16. The summed E-state index contributed by atoms with van der Waals surface area (Å²) in [6, 6.07) is 4.24. The summed E-state index contributed by atoms with van der Waals surface area (Å²) in [7, 11) is 1.72. The first-order valence-corrected chi connectivity index (χ1v) is 7.17. The van der Waals surface area contributed by atoms with Crippen LogP contribution in [0.1, 0.15) is 12.2 Å². The van der Waals surface area contributed by atoms with Gasteiger partial charge >= 0.3 is 0 Å². The number of ether oxygens (including phenoxy) is 1. The first-order valence-electron chi connectivity index (χ1n) is 7.17. The Bertz CT molecular complexity index is 562. The zero-order valence-electron chi connectivity index (χ0n) is 11.9. The van der Waals surface area contributed by atoms with Crippen molar-refractivity contribution in [3.8, 4) is 0 Å². The topological polar surface area (TPSA) is 54.7 Å². The Morgan fingerprint density at radius 2 is 2.20 bits per heavy atom. The molecule has 0 aromatic carbocycles. The Morgan fingerprint density at radius 1 is 1.35 bits per heavy atom. The highest BCUT2D eigenvalue weighted by molar-refractivity contribution is 5.56. The van der Waals surface area contributed by atoms with E-state index in [9.17, 15) is 0 Å². The van der Waals surface area contributed by atoms with Crippen LogP contribution in [0, 0.1) is 0 Å². The van der Waals surface area contributed by atoms with Gasteiger partial charge < -0.3 is 15.0 Å². The molecule has 6 nitrogen and oxygen atoms in total. The van der Waals surface area contributed by atoms with Crippen LogP contribution in [0.5, 0.6) is 0 Å². The number of nitrogens with zero attached hydrogens (tertiary/aromatic N) is 4. The number of hydrogen-bond donors (Lipinski definition) is 1. The van der Waals surface area contributed by atoms with Gasteiger partial charge in [0.2, 0.25) is 0 Å². The van der Waals surface area contributed by atoms with Crippen molar-refractivity contribution < 1.29 is 4.74 Å². The zero-order chi connectivity index (χ0) is 13.8. The number of fused-ring (bicyclic) bond motifs is 1. The van der Waals surface area contributed by atoms with Crippen LogP contribution < -0.4 is 10.2 Å². The molecule has 2 aromatic heterocycles. The molecule has 0 saturated carbocycles. The van der Waals surface area contributed by atoms with E-state index in [-0.39, 0.29) is 0 Å². The van der Waals surface area contributed by atoms with E-state index in [2.05, 4.69) is 32.4 Å². The summed E-state index contributed by atoms with van der Waals surface area (Å²) in [6.07, 6.45) is 3.82. The van der Waals surface area contributed by atoms with Crippen molar-refractivity contribution in [3.63, 3.8) is 0 Å². The lowest BCUT2D eigenvalue weighted by Crippen LogP contribution is -2.43. The number of rotatable bonds is 5. The number of aryl methyl sites for hydroxylation is 1. The number of nitrogens with one attached hydrogen (secondary N) is 1. The van der Waals surface area contributed by atoms with Crippen LogP contribution in [0.3, 0.4) is 0 Å². The number of piperazine rings is 1. The molecule has 1 aliphatic heterocycles. The van der Waals surface area contributed by atoms with Crippen LogP contribution in [0.15, 0.2) is 18.3 Å². The van der Waals surface area contributed by atoms with E-state index in [1.165, 1.54) is 5.69 Å². The molecule has 3 heterocycles. The molecule has 1 N–H and O–H groups in total. The summed E-state index contributed by atoms with van der Waals surface area (Å²) in [6.45, 7) is 4.93. The highest BCUT2D eigenvalue weighted by Crippen LogP contribution is 2.16. The van der Waals surface area contributed by atoms with Crippen LogP contribution in [0.25, 0.3) is 5.65 Å². The van der Waals surface area contributed by atoms with E-state index in [0.29, 0.717) is 0 Å². The SMILES string of the molecule is COCCCc1nc2cc(N3CCNCC3)ccn2n1. The maximum absolute atomic E-state index is 5.06. The second-order valence-electron chi connectivity index (χ2n) is 5.05. The number of methoxy groups -OCH3 is 1. The number of aromatic nitrogens is 3. The minimum atomic E-state index is 0.752. The molecule has 3 rings (SSSR count). The molecule has 2 aromatic rings. The smallest absolute Gasteiger partial charge is 0.157 e. The van der Waals surface area contributed by atoms with Gasteiger partial charge in [0.05, 0.1) is 0 Å². The molecule has 1 saturated heterocycles. The van der Waals surface area contributed by atoms with Crippen molar-refractivity contribution >= 4 is 11.3 Å². The fourth-order valence-electron chi connectivity index (χ4n) is 2.52. The second-order valence-corrected chi connectivity index (χ2v) is 5.05. The summed E-state index contributed by atoms with van der Waals surface area (Å²) >= 11 is 0. The minimum absolute atomic E-state index is 0.752. The molecule has 0 atom stereocenters. The summed E-state index contributed by atoms with van der Waals surface area (Å²) in [4.78, 5) is 6.98. The molecule has 0 amide bonds. The minimum Gasteiger partial charge on any atom is -0.385 e. The maximum atomic E-state index is 5.06. The predicted octanol–water partition coefficient (Wildman–Crippen LogP) is 0.718. The molecule has 108 valence electrons. The van der Waals surface area contributed by atoms with Crippen molar-refractivity contribution in [1.82, 2.24) is 19.9 Å². The van der Waals surface area contributed by atoms with Crippen molar-refractivity contribution in [3.05, 3.63) is 24.2 Å². The molecule has 1 fully saturated rings. The molecule has 0 unspecified atom stereocenters. The highest BCUT2D eigenvalue weighted by Gasteiger charge is 2.12. The van der Waals surface area contributed by atoms with E-state index >= 15 is 0 Å². The molecule has 0 spiro atoms. The normalized spacial score (nSPS) is 15.9. The number of pyridine rings is 1. The first kappa shape index (κ1) is 13.3. The monoisotopic (exact) mass is 275 g/mol. The van der Waals surface area contributed by atoms with Gasteiger partial charge in [0.25, 0.3) is 0 Å². The van der Waals surface area contributed by atoms with Crippen LogP contribution >= 0.6 is 0 Å². The Morgan fingerprint density at radius 3 is 3.00 bits per heavy atom. The van der Waals surface area contributed by atoms with Crippen LogP contribution in [0.2, 0.25) is 0 Å². The molecule has 0 bridgehead atoms. The largest absolute Gasteiger partial charge is 0.385 e. The maximum Gasteiger partial charge on any atom is 0.157 e. The number of hydrogen-bond acceptors (Lipinski definition) is 5. The van der Waals surface area contributed by atoms with Gasteiger partial charge in [0.15, 0.2) is 11.5 Å². The van der Waals surface area contributed by atoms with Crippen LogP contribution in [0.4, 0.5) is 5.69 Å². The average molecular weight is 275 g/mol. The Balaban J connectivity index is 1.76. The van der Waals surface area contributed by atoms with E-state index < -0.39 is 0 Å². The second kappa shape index (κ2) is 6.19. The van der Waals surface area contributed by atoms with Crippen molar-refractivity contribution in [2.24, 2.45) is 0 Å². The van der Waals surface area contributed by atoms with Gasteiger partial charge in [-0.05, 0) is 12.5 Å². The third-order valence-electron chi connectivity index (χ3n) is 3.60. The van der Waals surface area contributed by atoms with Crippen molar-refractivity contribution in [2.45, 2.75) is 12.8 Å². The molecular weight excluding hydrogens is 254 g/mol. The fraction of sp³-hybridized carbons (Fsp3) is 0.571. The van der Waals surface area contributed by atoms with Crippen molar-refractivity contribution in [2.75, 3.05) is 44.8 Å².